The molecule has 1 aromatic heterocycles. The number of hydrogen-bond acceptors (Lipinski definition) is 6. The third-order valence-electron chi connectivity index (χ3n) is 3.10. The first-order valence-electron chi connectivity index (χ1n) is 5.71. The van der Waals surface area contributed by atoms with Crippen molar-refractivity contribution in [3.8, 4) is 0 Å². The Kier molecular flexibility index (Phi) is 3.76. The average Bonchev–Trinajstić information content (AvgIpc) is 2.69. The fraction of sp³-hybridized carbons (Fsp3) is 0.700. The third-order valence-corrected chi connectivity index (χ3v) is 4.08. The molecule has 0 radical (unpaired) electrons. The molecule has 1 aliphatic heterocycles. The van der Waals surface area contributed by atoms with Crippen LogP contribution in [0.2, 0.25) is 0 Å². The van der Waals surface area contributed by atoms with E-state index in [-0.39, 0.29) is 5.82 Å². The van der Waals surface area contributed by atoms with Crippen LogP contribution in [0, 0.1) is 10.1 Å². The van der Waals surface area contributed by atoms with Crippen LogP contribution in [0.15, 0.2) is 6.33 Å². The first-order valence-corrected chi connectivity index (χ1v) is 6.87. The van der Waals surface area contributed by atoms with Gasteiger partial charge in [0.25, 0.3) is 0 Å². The molecule has 0 bridgehead atoms. The minimum atomic E-state index is -0.774. The third kappa shape index (κ3) is 2.75. The number of imidazole rings is 1. The predicted octanol–water partition coefficient (Wildman–Crippen LogP) is 0.998. The van der Waals surface area contributed by atoms with Crippen LogP contribution in [0.3, 0.4) is 0 Å². The lowest BCUT2D eigenvalue weighted by molar-refractivity contribution is -0.388. The van der Waals surface area contributed by atoms with Gasteiger partial charge in [-0.05, 0) is 34.3 Å². The number of rotatable bonds is 4. The number of nitrogens with one attached hydrogen (secondary N) is 1. The normalized spacial score (nSPS) is 18.6. The lowest BCUT2D eigenvalue weighted by Crippen LogP contribution is -2.40. The van der Waals surface area contributed by atoms with Gasteiger partial charge in [-0.15, -0.1) is 0 Å². The zero-order chi connectivity index (χ0) is 13.2. The zero-order valence-electron chi connectivity index (χ0n) is 10.1. The van der Waals surface area contributed by atoms with Gasteiger partial charge in [0.1, 0.15) is 0 Å². The second kappa shape index (κ2) is 5.15. The van der Waals surface area contributed by atoms with Crippen molar-refractivity contribution in [1.29, 1.82) is 0 Å². The smallest absolute Gasteiger partial charge is 0.388 e. The lowest BCUT2D eigenvalue weighted by atomic mass is 9.97. The Morgan fingerprint density at radius 1 is 1.67 bits per heavy atom. The van der Waals surface area contributed by atoms with Gasteiger partial charge in [0.15, 0.2) is 0 Å². The molecule has 1 saturated heterocycles. The molecule has 1 aromatic rings. The number of thioether (sulfide) groups is 1. The van der Waals surface area contributed by atoms with Crippen molar-refractivity contribution in [2.75, 3.05) is 23.4 Å². The minimum Gasteiger partial charge on any atom is -0.388 e. The molecular formula is C10H16N4O3S. The fourth-order valence-electron chi connectivity index (χ4n) is 1.93. The summed E-state index contributed by atoms with van der Waals surface area (Å²) in [5.41, 5.74) is -0.774. The van der Waals surface area contributed by atoms with Gasteiger partial charge in [-0.2, -0.15) is 11.8 Å². The van der Waals surface area contributed by atoms with Crippen LogP contribution in [0.4, 0.5) is 11.6 Å². The SMILES string of the molecule is Cn1cnc([N+](=O)[O-])c1NCC1(O)CCSCC1. The van der Waals surface area contributed by atoms with E-state index in [0.717, 1.165) is 11.5 Å². The van der Waals surface area contributed by atoms with Gasteiger partial charge < -0.3 is 20.5 Å². The van der Waals surface area contributed by atoms with E-state index in [1.165, 1.54) is 6.33 Å². The number of aromatic nitrogens is 2. The van der Waals surface area contributed by atoms with Crippen molar-refractivity contribution in [2.45, 2.75) is 18.4 Å². The lowest BCUT2D eigenvalue weighted by Gasteiger charge is -2.31. The number of aliphatic hydroxyl groups is 1. The summed E-state index contributed by atoms with van der Waals surface area (Å²) in [5, 5.41) is 24.1. The Bertz CT molecular complexity index is 442. The Hall–Kier alpha value is -1.28. The summed E-state index contributed by atoms with van der Waals surface area (Å²) in [4.78, 5) is 14.0. The fourth-order valence-corrected chi connectivity index (χ4v) is 3.18. The van der Waals surface area contributed by atoms with Crippen LogP contribution in [0.5, 0.6) is 0 Å². The van der Waals surface area contributed by atoms with Gasteiger partial charge in [-0.1, -0.05) is 0 Å². The van der Waals surface area contributed by atoms with Gasteiger partial charge in [-0.25, -0.2) is 0 Å². The molecule has 0 unspecified atom stereocenters. The summed E-state index contributed by atoms with van der Waals surface area (Å²) in [6.07, 6.45) is 2.80. The van der Waals surface area contributed by atoms with E-state index in [4.69, 9.17) is 0 Å². The van der Waals surface area contributed by atoms with Crippen molar-refractivity contribution in [3.05, 3.63) is 16.4 Å². The largest absolute Gasteiger partial charge is 0.406 e. The molecule has 2 rings (SSSR count). The summed E-state index contributed by atoms with van der Waals surface area (Å²) >= 11 is 1.82. The van der Waals surface area contributed by atoms with Crippen LogP contribution >= 0.6 is 11.8 Å². The second-order valence-corrected chi connectivity index (χ2v) is 5.70. The number of nitrogens with zero attached hydrogens (tertiary/aromatic N) is 3. The van der Waals surface area contributed by atoms with Crippen molar-refractivity contribution < 1.29 is 10.0 Å². The molecule has 0 aromatic carbocycles. The second-order valence-electron chi connectivity index (χ2n) is 4.48. The maximum atomic E-state index is 10.8. The molecule has 0 amide bonds. The van der Waals surface area contributed by atoms with Gasteiger partial charge >= 0.3 is 5.82 Å². The van der Waals surface area contributed by atoms with Crippen LogP contribution in [0.1, 0.15) is 12.8 Å². The Balaban J connectivity index is 2.05. The number of aryl methyl sites for hydroxylation is 1. The summed E-state index contributed by atoms with van der Waals surface area (Å²) < 4.78 is 1.55. The molecule has 2 N–H and O–H groups in total. The molecule has 0 aliphatic carbocycles. The number of nitro groups is 1. The van der Waals surface area contributed by atoms with E-state index in [1.54, 1.807) is 11.6 Å². The first-order chi connectivity index (χ1) is 8.52. The van der Waals surface area contributed by atoms with Crippen LogP contribution in [-0.2, 0) is 7.05 Å². The number of anilines is 1. The summed E-state index contributed by atoms with van der Waals surface area (Å²) in [5.74, 6) is 1.98. The van der Waals surface area contributed by atoms with Crippen molar-refractivity contribution in [3.63, 3.8) is 0 Å². The highest BCUT2D eigenvalue weighted by Crippen LogP contribution is 2.28. The van der Waals surface area contributed by atoms with E-state index in [1.807, 2.05) is 11.8 Å². The summed E-state index contributed by atoms with van der Waals surface area (Å²) in [7, 11) is 1.68. The topological polar surface area (TPSA) is 93.2 Å². The first kappa shape index (κ1) is 13.2. The molecule has 1 aliphatic rings. The molecule has 0 spiro atoms. The van der Waals surface area contributed by atoms with E-state index >= 15 is 0 Å². The molecule has 2 heterocycles. The van der Waals surface area contributed by atoms with Crippen molar-refractivity contribution in [2.24, 2.45) is 7.05 Å². The van der Waals surface area contributed by atoms with E-state index in [0.29, 0.717) is 25.2 Å². The molecule has 0 atom stereocenters. The Morgan fingerprint density at radius 2 is 2.33 bits per heavy atom. The zero-order valence-corrected chi connectivity index (χ0v) is 10.9. The molecule has 7 nitrogen and oxygen atoms in total. The highest BCUT2D eigenvalue weighted by molar-refractivity contribution is 7.99. The molecule has 8 heteroatoms. The summed E-state index contributed by atoms with van der Waals surface area (Å²) in [6.45, 7) is 0.313. The van der Waals surface area contributed by atoms with Crippen LogP contribution in [-0.4, -0.2) is 43.2 Å². The van der Waals surface area contributed by atoms with Crippen molar-refractivity contribution >= 4 is 23.4 Å². The quantitative estimate of drug-likeness (QED) is 0.627. The predicted molar refractivity (Wildman–Crippen MR) is 69.9 cm³/mol. The summed E-state index contributed by atoms with van der Waals surface area (Å²) in [6, 6.07) is 0. The minimum absolute atomic E-state index is 0.203. The van der Waals surface area contributed by atoms with Crippen LogP contribution in [0.25, 0.3) is 0 Å². The highest BCUT2D eigenvalue weighted by Gasteiger charge is 2.31. The molecule has 100 valence electrons. The Morgan fingerprint density at radius 3 is 2.94 bits per heavy atom. The molecular weight excluding hydrogens is 256 g/mol. The molecule has 1 fully saturated rings. The van der Waals surface area contributed by atoms with Gasteiger partial charge in [0, 0.05) is 13.6 Å². The maximum absolute atomic E-state index is 10.8. The average molecular weight is 272 g/mol. The maximum Gasteiger partial charge on any atom is 0.406 e. The van der Waals surface area contributed by atoms with E-state index < -0.39 is 10.5 Å². The van der Waals surface area contributed by atoms with Crippen LogP contribution < -0.4 is 5.32 Å². The van der Waals surface area contributed by atoms with E-state index in [2.05, 4.69) is 10.3 Å². The molecule has 18 heavy (non-hydrogen) atoms. The highest BCUT2D eigenvalue weighted by atomic mass is 32.2. The van der Waals surface area contributed by atoms with Gasteiger partial charge in [-0.3, -0.25) is 4.57 Å². The van der Waals surface area contributed by atoms with Gasteiger partial charge in [0.2, 0.25) is 12.1 Å². The van der Waals surface area contributed by atoms with E-state index in [9.17, 15) is 15.2 Å². The number of hydrogen-bond donors (Lipinski definition) is 2. The standard InChI is InChI=1S/C10H16N4O3S/c1-13-7-12-9(14(16)17)8(13)11-6-10(15)2-4-18-5-3-10/h7,11,15H,2-6H2,1H3. The van der Waals surface area contributed by atoms with Crippen molar-refractivity contribution in [1.82, 2.24) is 9.55 Å². The monoisotopic (exact) mass is 272 g/mol. The molecule has 0 saturated carbocycles. The van der Waals surface area contributed by atoms with Gasteiger partial charge in [0.05, 0.1) is 5.60 Å². The Labute approximate surface area is 109 Å².